The minimum absolute atomic E-state index is 0.0592. The summed E-state index contributed by atoms with van der Waals surface area (Å²) in [6, 6.07) is 4.50. The number of alkyl halides is 3. The topological polar surface area (TPSA) is 200 Å². The smallest absolute Gasteiger partial charge is 0.394 e. The predicted molar refractivity (Wildman–Crippen MR) is 188 cm³/mol. The van der Waals surface area contributed by atoms with E-state index < -0.39 is 29.0 Å². The number of aliphatic hydroxyl groups is 1. The molecule has 0 aromatic carbocycles. The summed E-state index contributed by atoms with van der Waals surface area (Å²) in [6.07, 6.45) is 0.617. The summed E-state index contributed by atoms with van der Waals surface area (Å²) in [4.78, 5) is 37.2. The predicted octanol–water partition coefficient (Wildman–Crippen LogP) is 4.93. The maximum atomic E-state index is 13.2. The molecular weight excluding hydrogens is 727 g/mol. The molecule has 0 radical (unpaired) electrons. The molecule has 1 saturated carbocycles. The largest absolute Gasteiger partial charge is 0.477 e. The molecule has 2 unspecified atom stereocenters. The van der Waals surface area contributed by atoms with Crippen molar-refractivity contribution < 1.29 is 32.6 Å². The van der Waals surface area contributed by atoms with Gasteiger partial charge in [-0.15, -0.1) is 10.2 Å². The molecule has 2 aromatic heterocycles. The number of ether oxygens (including phenoxy) is 1. The van der Waals surface area contributed by atoms with Gasteiger partial charge in [-0.25, -0.2) is 15.2 Å². The number of amides is 2. The van der Waals surface area contributed by atoms with Crippen molar-refractivity contribution >= 4 is 47.5 Å². The SMILES string of the molecule is CC1(C)CC(CCCN(CC(N=N)=NN)C2=NC(SNC(=O)c3ccc(-n4ccc(OCCC5(C(F)(F)F)CC5)n4)nc3Cl)CC[C@@H]2O)CN1C=O. The number of carbonyl (C=O) groups excluding carboxylic acids is 2. The average molecular weight is 770 g/mol. The number of nitrogens with two attached hydrogens (primary N) is 1. The van der Waals surface area contributed by atoms with Crippen molar-refractivity contribution in [3.05, 3.63) is 35.1 Å². The van der Waals surface area contributed by atoms with Crippen LogP contribution in [0.3, 0.4) is 0 Å². The van der Waals surface area contributed by atoms with Crippen LogP contribution in [0.2, 0.25) is 5.15 Å². The lowest BCUT2D eigenvalue weighted by Gasteiger charge is -2.33. The Labute approximate surface area is 308 Å². The van der Waals surface area contributed by atoms with Gasteiger partial charge < -0.3 is 25.5 Å². The van der Waals surface area contributed by atoms with Crippen molar-refractivity contribution in [1.29, 1.82) is 5.53 Å². The number of aliphatic imine (C=N–C) groups is 1. The third-order valence-corrected chi connectivity index (χ3v) is 11.0. The van der Waals surface area contributed by atoms with Crippen LogP contribution in [0.5, 0.6) is 5.88 Å². The van der Waals surface area contributed by atoms with Crippen molar-refractivity contribution in [2.45, 2.75) is 88.4 Å². The second-order valence-corrected chi connectivity index (χ2v) is 15.3. The molecule has 5 N–H and O–H groups in total. The Morgan fingerprint density at radius 2 is 2.08 bits per heavy atom. The molecule has 284 valence electrons. The standard InChI is InChI=1S/C32H43ClF3N11O4S/c1-30(2)16-20(17-46(30)19-48)4-3-13-45(18-23(41-37)42-38)28-22(49)6-8-26(40-28)52-44-29(50)21-5-7-24(39-27(21)33)47-14-9-25(43-47)51-15-12-31(10-11-31)32(34,35)36/h5,7,9,14,19-20,22,26,37,49H,3-4,6,8,10-13,15-18,38H2,1-2H3,(H,44,50)/t20?,22-,26?/m0/s1. The van der Waals surface area contributed by atoms with Crippen LogP contribution in [0.1, 0.15) is 75.6 Å². The minimum Gasteiger partial charge on any atom is -0.477 e. The first kappa shape index (κ1) is 39.2. The number of hydrazone groups is 1. The van der Waals surface area contributed by atoms with E-state index in [-0.39, 0.29) is 66.2 Å². The number of pyridine rings is 1. The second-order valence-electron chi connectivity index (χ2n) is 13.9. The van der Waals surface area contributed by atoms with Crippen molar-refractivity contribution in [2.75, 3.05) is 26.2 Å². The summed E-state index contributed by atoms with van der Waals surface area (Å²) in [5.41, 5.74) is 5.66. The molecule has 15 nitrogen and oxygen atoms in total. The van der Waals surface area contributed by atoms with Gasteiger partial charge in [-0.2, -0.15) is 18.3 Å². The summed E-state index contributed by atoms with van der Waals surface area (Å²) >= 11 is 7.44. The monoisotopic (exact) mass is 769 g/mol. The highest BCUT2D eigenvalue weighted by Gasteiger charge is 2.62. The van der Waals surface area contributed by atoms with Gasteiger partial charge in [-0.1, -0.05) is 11.6 Å². The maximum absolute atomic E-state index is 13.2. The van der Waals surface area contributed by atoms with Gasteiger partial charge >= 0.3 is 6.18 Å². The van der Waals surface area contributed by atoms with E-state index in [0.717, 1.165) is 37.6 Å². The molecular formula is C32H43ClF3N11O4S. The third kappa shape index (κ3) is 9.33. The highest BCUT2D eigenvalue weighted by Crippen LogP contribution is 2.59. The molecule has 1 saturated heterocycles. The lowest BCUT2D eigenvalue weighted by atomic mass is 9.93. The first-order valence-corrected chi connectivity index (χ1v) is 18.2. The summed E-state index contributed by atoms with van der Waals surface area (Å²) in [5.74, 6) is 6.09. The molecule has 5 rings (SSSR count). The molecule has 2 amide bonds. The lowest BCUT2D eigenvalue weighted by molar-refractivity contribution is -0.190. The van der Waals surface area contributed by atoms with Crippen LogP contribution in [-0.4, -0.2) is 103 Å². The zero-order valence-electron chi connectivity index (χ0n) is 28.9. The first-order chi connectivity index (χ1) is 24.7. The van der Waals surface area contributed by atoms with E-state index in [1.165, 1.54) is 29.1 Å². The molecule has 2 fully saturated rings. The number of carbonyl (C=O) groups is 2. The van der Waals surface area contributed by atoms with Gasteiger partial charge in [0.25, 0.3) is 5.91 Å². The molecule has 52 heavy (non-hydrogen) atoms. The van der Waals surface area contributed by atoms with Crippen molar-refractivity contribution in [3.8, 4) is 11.7 Å². The van der Waals surface area contributed by atoms with Crippen LogP contribution >= 0.6 is 23.5 Å². The maximum Gasteiger partial charge on any atom is 0.394 e. The molecule has 2 aromatic rings. The van der Waals surface area contributed by atoms with Crippen molar-refractivity contribution in [3.63, 3.8) is 0 Å². The summed E-state index contributed by atoms with van der Waals surface area (Å²) in [7, 11) is 0. The van der Waals surface area contributed by atoms with E-state index in [9.17, 15) is 27.9 Å². The van der Waals surface area contributed by atoms with E-state index in [0.29, 0.717) is 37.7 Å². The van der Waals surface area contributed by atoms with Crippen LogP contribution in [0.15, 0.2) is 39.6 Å². The fraction of sp³-hybridized carbons (Fsp3) is 0.625. The lowest BCUT2D eigenvalue weighted by Crippen LogP contribution is -2.45. The van der Waals surface area contributed by atoms with Crippen molar-refractivity contribution in [1.82, 2.24) is 29.3 Å². The van der Waals surface area contributed by atoms with Gasteiger partial charge in [-0.05, 0) is 95.2 Å². The van der Waals surface area contributed by atoms with Gasteiger partial charge in [-0.3, -0.25) is 19.3 Å². The molecule has 0 spiro atoms. The number of nitrogens with zero attached hydrogens (tertiary/aromatic N) is 8. The van der Waals surface area contributed by atoms with E-state index in [1.807, 2.05) is 18.7 Å². The normalized spacial score (nSPS) is 22.4. The fourth-order valence-corrected chi connectivity index (χ4v) is 7.61. The number of aliphatic hydroxyl groups excluding tert-OH is 1. The second kappa shape index (κ2) is 16.4. The average Bonchev–Trinajstić information content (AvgIpc) is 3.66. The Bertz CT molecular complexity index is 1670. The Balaban J connectivity index is 1.17. The van der Waals surface area contributed by atoms with Gasteiger partial charge in [0.2, 0.25) is 12.3 Å². The molecule has 3 aliphatic rings. The quantitative estimate of drug-likeness (QED) is 0.0283. The number of likely N-dealkylation sites (tertiary alicyclic amines) is 1. The first-order valence-electron chi connectivity index (χ1n) is 16.9. The molecule has 2 aliphatic heterocycles. The van der Waals surface area contributed by atoms with E-state index >= 15 is 0 Å². The Hall–Kier alpha value is -3.97. The Morgan fingerprint density at radius 3 is 2.71 bits per heavy atom. The van der Waals surface area contributed by atoms with Crippen LogP contribution in [-0.2, 0) is 4.79 Å². The van der Waals surface area contributed by atoms with Gasteiger partial charge in [0.15, 0.2) is 11.7 Å². The zero-order chi connectivity index (χ0) is 37.7. The summed E-state index contributed by atoms with van der Waals surface area (Å²) in [6.45, 7) is 5.18. The molecule has 3 atom stereocenters. The van der Waals surface area contributed by atoms with Crippen molar-refractivity contribution in [2.24, 2.45) is 32.4 Å². The summed E-state index contributed by atoms with van der Waals surface area (Å²) in [5, 5.41) is 21.6. The van der Waals surface area contributed by atoms with Gasteiger partial charge in [0.05, 0.1) is 24.1 Å². The minimum atomic E-state index is -4.25. The number of aromatic nitrogens is 3. The van der Waals surface area contributed by atoms with Gasteiger partial charge in [0.1, 0.15) is 22.5 Å². The molecule has 4 heterocycles. The van der Waals surface area contributed by atoms with Crippen LogP contribution in [0, 0.1) is 16.9 Å². The number of hydrogen-bond donors (Lipinski definition) is 4. The highest BCUT2D eigenvalue weighted by atomic mass is 35.5. The highest BCUT2D eigenvalue weighted by molar-refractivity contribution is 7.98. The van der Waals surface area contributed by atoms with Crippen LogP contribution in [0.25, 0.3) is 5.82 Å². The van der Waals surface area contributed by atoms with Crippen LogP contribution < -0.4 is 15.3 Å². The molecule has 1 aliphatic carbocycles. The Morgan fingerprint density at radius 1 is 1.31 bits per heavy atom. The molecule has 0 bridgehead atoms. The number of nitrogens with one attached hydrogen (secondary N) is 2. The zero-order valence-corrected chi connectivity index (χ0v) is 30.4. The van der Waals surface area contributed by atoms with Crippen LogP contribution in [0.4, 0.5) is 13.2 Å². The van der Waals surface area contributed by atoms with Gasteiger partial charge in [0, 0.05) is 30.9 Å². The van der Waals surface area contributed by atoms with E-state index in [2.05, 4.69) is 25.0 Å². The van der Waals surface area contributed by atoms with E-state index in [1.54, 1.807) is 4.90 Å². The fourth-order valence-electron chi connectivity index (χ4n) is 6.61. The third-order valence-electron chi connectivity index (χ3n) is 9.84. The Kier molecular flexibility index (Phi) is 12.4. The van der Waals surface area contributed by atoms with E-state index in [4.69, 9.17) is 32.7 Å². The molecule has 20 heteroatoms. The number of rotatable bonds is 15. The summed E-state index contributed by atoms with van der Waals surface area (Å²) < 4.78 is 49.1. The number of amidine groups is 2. The number of hydrogen-bond acceptors (Lipinski definition) is 12. The number of halogens is 4.